The highest BCUT2D eigenvalue weighted by Gasteiger charge is 2.58. The van der Waals surface area contributed by atoms with Crippen molar-refractivity contribution >= 4 is 24.0 Å². The molecule has 0 saturated heterocycles. The Kier molecular flexibility index (Phi) is 5.08. The molecule has 0 spiro atoms. The molecule has 5 heteroatoms. The van der Waals surface area contributed by atoms with Crippen LogP contribution < -0.4 is 0 Å². The number of carbonyl (C=O) groups is 4. The van der Waals surface area contributed by atoms with Gasteiger partial charge in [0.2, 0.25) is 0 Å². The molecule has 0 radical (unpaired) electrons. The monoisotopic (exact) mass is 316 g/mol. The first-order valence-electron chi connectivity index (χ1n) is 7.73. The van der Waals surface area contributed by atoms with Gasteiger partial charge >= 0.3 is 11.9 Å². The molecule has 5 nitrogen and oxygen atoms in total. The Balaban J connectivity index is 2.29. The van der Waals surface area contributed by atoms with Crippen molar-refractivity contribution in [3.8, 4) is 0 Å². The minimum absolute atomic E-state index is 0.0741. The molecule has 0 aliphatic heterocycles. The van der Waals surface area contributed by atoms with E-state index >= 15 is 0 Å². The van der Waals surface area contributed by atoms with Gasteiger partial charge in [-0.3, -0.25) is 9.59 Å². The number of aldehydes is 1. The minimum Gasteiger partial charge on any atom is -0.389 e. The van der Waals surface area contributed by atoms with Gasteiger partial charge in [0.15, 0.2) is 5.78 Å². The summed E-state index contributed by atoms with van der Waals surface area (Å²) >= 11 is 0. The van der Waals surface area contributed by atoms with Crippen LogP contribution in [-0.4, -0.2) is 24.0 Å². The van der Waals surface area contributed by atoms with E-state index < -0.39 is 23.3 Å². The number of esters is 2. The first kappa shape index (κ1) is 17.1. The summed E-state index contributed by atoms with van der Waals surface area (Å²) in [6.07, 6.45) is 1.58. The molecule has 1 saturated carbocycles. The van der Waals surface area contributed by atoms with Crippen LogP contribution in [0.2, 0.25) is 0 Å². The second-order valence-corrected chi connectivity index (χ2v) is 6.08. The molecule has 2 rings (SSSR count). The van der Waals surface area contributed by atoms with Crippen molar-refractivity contribution in [2.24, 2.45) is 17.3 Å². The number of carbonyl (C=O) groups excluding carboxylic acids is 4. The van der Waals surface area contributed by atoms with Crippen molar-refractivity contribution in [3.05, 3.63) is 35.9 Å². The average Bonchev–Trinajstić information content (AvgIpc) is 2.84. The molecule has 0 aromatic heterocycles. The highest BCUT2D eigenvalue weighted by molar-refractivity contribution is 6.10. The van der Waals surface area contributed by atoms with E-state index in [1.54, 1.807) is 32.0 Å². The lowest BCUT2D eigenvalue weighted by molar-refractivity contribution is -0.160. The number of ether oxygens (including phenoxy) is 1. The third kappa shape index (κ3) is 2.96. The molecule has 1 aliphatic rings. The second-order valence-electron chi connectivity index (χ2n) is 6.08. The van der Waals surface area contributed by atoms with Gasteiger partial charge in [-0.15, -0.1) is 0 Å². The molecule has 0 bridgehead atoms. The lowest BCUT2D eigenvalue weighted by atomic mass is 9.67. The zero-order valence-electron chi connectivity index (χ0n) is 13.3. The zero-order valence-corrected chi connectivity index (χ0v) is 13.3. The highest BCUT2D eigenvalue weighted by Crippen LogP contribution is 2.48. The van der Waals surface area contributed by atoms with Gasteiger partial charge in [0, 0.05) is 12.8 Å². The largest absolute Gasteiger partial charge is 0.389 e. The summed E-state index contributed by atoms with van der Waals surface area (Å²) in [5, 5.41) is 0. The maximum absolute atomic E-state index is 12.7. The molecule has 0 unspecified atom stereocenters. The topological polar surface area (TPSA) is 77.5 Å². The van der Waals surface area contributed by atoms with Crippen molar-refractivity contribution in [1.82, 2.24) is 0 Å². The molecule has 1 fully saturated rings. The van der Waals surface area contributed by atoms with E-state index in [0.29, 0.717) is 12.7 Å². The normalized spacial score (nSPS) is 25.0. The van der Waals surface area contributed by atoms with Crippen LogP contribution in [-0.2, 0) is 19.1 Å². The first-order chi connectivity index (χ1) is 10.9. The maximum atomic E-state index is 12.7. The number of hydrogen-bond donors (Lipinski definition) is 0. The van der Waals surface area contributed by atoms with Gasteiger partial charge < -0.3 is 9.53 Å². The standard InChI is InChI=1S/C18H20O5/c1-12-8-9-15(20)18(12,13(2)10-11-19)17(22)23-16(21)14-6-4-3-5-7-14/h3-7,11-13H,8-10H2,1-2H3/t12-,13-,18+/m1/s1. The summed E-state index contributed by atoms with van der Waals surface area (Å²) in [6.45, 7) is 3.48. The van der Waals surface area contributed by atoms with Gasteiger partial charge in [0.25, 0.3) is 0 Å². The van der Waals surface area contributed by atoms with Crippen molar-refractivity contribution in [3.63, 3.8) is 0 Å². The second kappa shape index (κ2) is 6.86. The third-order valence-electron chi connectivity index (χ3n) is 4.80. The molecule has 1 aliphatic carbocycles. The summed E-state index contributed by atoms with van der Waals surface area (Å²) in [5.41, 5.74) is -1.16. The Bertz CT molecular complexity index is 622. The van der Waals surface area contributed by atoms with Crippen molar-refractivity contribution in [1.29, 1.82) is 0 Å². The van der Waals surface area contributed by atoms with E-state index in [-0.39, 0.29) is 30.1 Å². The van der Waals surface area contributed by atoms with Crippen molar-refractivity contribution in [2.45, 2.75) is 33.1 Å². The number of hydrogen-bond acceptors (Lipinski definition) is 5. The SMILES string of the molecule is C[C@H](CC=O)[C@]1(C(=O)OC(=O)c2ccccc2)C(=O)CC[C@H]1C. The van der Waals surface area contributed by atoms with Gasteiger partial charge in [-0.1, -0.05) is 32.0 Å². The Morgan fingerprint density at radius 1 is 1.35 bits per heavy atom. The Morgan fingerprint density at radius 2 is 2.00 bits per heavy atom. The number of benzene rings is 1. The smallest absolute Gasteiger partial charge is 0.345 e. The van der Waals surface area contributed by atoms with Crippen molar-refractivity contribution in [2.75, 3.05) is 0 Å². The van der Waals surface area contributed by atoms with E-state index in [4.69, 9.17) is 4.74 Å². The fourth-order valence-corrected chi connectivity index (χ4v) is 3.47. The molecule has 3 atom stereocenters. The van der Waals surface area contributed by atoms with Crippen LogP contribution in [0.5, 0.6) is 0 Å². The van der Waals surface area contributed by atoms with Gasteiger partial charge in [-0.2, -0.15) is 0 Å². The van der Waals surface area contributed by atoms with Crippen LogP contribution in [0.3, 0.4) is 0 Å². The van der Waals surface area contributed by atoms with Gasteiger partial charge in [0.05, 0.1) is 5.56 Å². The third-order valence-corrected chi connectivity index (χ3v) is 4.80. The predicted molar refractivity (Wildman–Crippen MR) is 82.5 cm³/mol. The van der Waals surface area contributed by atoms with E-state index in [1.165, 1.54) is 12.1 Å². The molecule has 1 aromatic rings. The lowest BCUT2D eigenvalue weighted by Crippen LogP contribution is -2.47. The average molecular weight is 316 g/mol. The van der Waals surface area contributed by atoms with E-state index in [2.05, 4.69) is 0 Å². The maximum Gasteiger partial charge on any atom is 0.345 e. The predicted octanol–water partition coefficient (Wildman–Crippen LogP) is 2.58. The molecule has 0 amide bonds. The highest BCUT2D eigenvalue weighted by atomic mass is 16.6. The Labute approximate surface area is 135 Å². The van der Waals surface area contributed by atoms with E-state index in [0.717, 1.165) is 0 Å². The van der Waals surface area contributed by atoms with Crippen LogP contribution in [0, 0.1) is 17.3 Å². The molecular weight excluding hydrogens is 296 g/mol. The van der Waals surface area contributed by atoms with Crippen LogP contribution >= 0.6 is 0 Å². The fourth-order valence-electron chi connectivity index (χ4n) is 3.47. The molecule has 122 valence electrons. The van der Waals surface area contributed by atoms with Gasteiger partial charge in [-0.25, -0.2) is 4.79 Å². The number of rotatable bonds is 5. The number of Topliss-reactive ketones (excluding diaryl/α,β-unsaturated/α-hetero) is 1. The van der Waals surface area contributed by atoms with Gasteiger partial charge in [-0.05, 0) is 30.4 Å². The summed E-state index contributed by atoms with van der Waals surface area (Å²) in [7, 11) is 0. The summed E-state index contributed by atoms with van der Waals surface area (Å²) < 4.78 is 5.02. The molecule has 23 heavy (non-hydrogen) atoms. The summed E-state index contributed by atoms with van der Waals surface area (Å²) in [6, 6.07) is 8.15. The van der Waals surface area contributed by atoms with Crippen LogP contribution in [0.15, 0.2) is 30.3 Å². The van der Waals surface area contributed by atoms with E-state index in [1.807, 2.05) is 0 Å². The fraction of sp³-hybridized carbons (Fsp3) is 0.444. The summed E-state index contributed by atoms with van der Waals surface area (Å²) in [4.78, 5) is 48.2. The van der Waals surface area contributed by atoms with Crippen LogP contribution in [0.4, 0.5) is 0 Å². The minimum atomic E-state index is -1.41. The van der Waals surface area contributed by atoms with Crippen LogP contribution in [0.1, 0.15) is 43.5 Å². The summed E-state index contributed by atoms with van der Waals surface area (Å²) in [5.74, 6) is -2.62. The Hall–Kier alpha value is -2.30. The Morgan fingerprint density at radius 3 is 2.52 bits per heavy atom. The lowest BCUT2D eigenvalue weighted by Gasteiger charge is -2.34. The molecule has 1 aromatic carbocycles. The number of ketones is 1. The van der Waals surface area contributed by atoms with Crippen molar-refractivity contribution < 1.29 is 23.9 Å². The quantitative estimate of drug-likeness (QED) is 0.474. The molecule has 0 heterocycles. The first-order valence-corrected chi connectivity index (χ1v) is 7.73. The van der Waals surface area contributed by atoms with Gasteiger partial charge in [0.1, 0.15) is 11.7 Å². The molecule has 0 N–H and O–H groups in total. The zero-order chi connectivity index (χ0) is 17.0. The van der Waals surface area contributed by atoms with E-state index in [9.17, 15) is 19.2 Å². The van der Waals surface area contributed by atoms with Crippen LogP contribution in [0.25, 0.3) is 0 Å². The molecular formula is C18H20O5.